The summed E-state index contributed by atoms with van der Waals surface area (Å²) in [4.78, 5) is 10.6. The van der Waals surface area contributed by atoms with Gasteiger partial charge in [-0.1, -0.05) is 49.6 Å². The minimum absolute atomic E-state index is 0.0863. The number of carbonyl (C=O) groups is 1. The zero-order valence-electron chi connectivity index (χ0n) is 17.1. The Labute approximate surface area is 176 Å². The number of carboxylic acids is 1. The Morgan fingerprint density at radius 3 is 2.70 bits per heavy atom. The zero-order chi connectivity index (χ0) is 21.5. The quantitative estimate of drug-likeness (QED) is 0.340. The Morgan fingerprint density at radius 1 is 1.13 bits per heavy atom. The molecule has 1 saturated carbocycles. The molecule has 0 amide bonds. The van der Waals surface area contributed by atoms with Crippen LogP contribution < -0.4 is 4.74 Å². The number of ether oxygens (including phenoxy) is 2. The highest BCUT2D eigenvalue weighted by Crippen LogP contribution is 2.37. The first-order valence-corrected chi connectivity index (χ1v) is 10.8. The third-order valence-corrected chi connectivity index (χ3v) is 6.02. The fourth-order valence-electron chi connectivity index (χ4n) is 4.36. The molecule has 30 heavy (non-hydrogen) atoms. The van der Waals surface area contributed by atoms with Crippen LogP contribution in [0.15, 0.2) is 36.4 Å². The maximum Gasteiger partial charge on any atom is 0.303 e. The molecule has 166 valence electrons. The van der Waals surface area contributed by atoms with Crippen molar-refractivity contribution in [3.8, 4) is 5.75 Å². The number of aliphatic carboxylic acids is 1. The smallest absolute Gasteiger partial charge is 0.303 e. The van der Waals surface area contributed by atoms with E-state index in [1.54, 1.807) is 12.2 Å². The van der Waals surface area contributed by atoms with E-state index in [9.17, 15) is 20.1 Å². The van der Waals surface area contributed by atoms with Gasteiger partial charge in [0, 0.05) is 24.3 Å². The highest BCUT2D eigenvalue weighted by Gasteiger charge is 2.40. The molecule has 1 aliphatic carbocycles. The van der Waals surface area contributed by atoms with Crippen LogP contribution in [-0.4, -0.2) is 51.0 Å². The van der Waals surface area contributed by atoms with E-state index in [-0.39, 0.29) is 18.3 Å². The fourth-order valence-corrected chi connectivity index (χ4v) is 4.36. The van der Waals surface area contributed by atoms with Crippen LogP contribution in [0, 0.1) is 11.8 Å². The molecule has 7 heteroatoms. The number of benzene rings is 1. The molecule has 6 atom stereocenters. The van der Waals surface area contributed by atoms with E-state index in [4.69, 9.17) is 14.6 Å². The molecule has 1 aliphatic heterocycles. The normalized spacial score (nSPS) is 29.5. The minimum atomic E-state index is -0.986. The molecule has 0 spiro atoms. The first-order valence-electron chi connectivity index (χ1n) is 10.8. The van der Waals surface area contributed by atoms with Crippen LogP contribution in [0.3, 0.4) is 0 Å². The van der Waals surface area contributed by atoms with Gasteiger partial charge in [-0.25, -0.2) is 0 Å². The molecule has 3 rings (SSSR count). The number of rotatable bonds is 10. The molecule has 1 heterocycles. The van der Waals surface area contributed by atoms with Gasteiger partial charge < -0.3 is 29.9 Å². The molecule has 1 fully saturated rings. The lowest BCUT2D eigenvalue weighted by Gasteiger charge is -2.28. The number of para-hydroxylation sites is 1. The fraction of sp³-hybridized carbons (Fsp3) is 0.609. The number of fused-ring (bicyclic) bond motifs is 1. The van der Waals surface area contributed by atoms with Crippen molar-refractivity contribution in [2.24, 2.45) is 11.8 Å². The van der Waals surface area contributed by atoms with Gasteiger partial charge in [0.25, 0.3) is 0 Å². The van der Waals surface area contributed by atoms with Gasteiger partial charge in [0.2, 0.25) is 6.29 Å². The van der Waals surface area contributed by atoms with Gasteiger partial charge in [0.1, 0.15) is 11.9 Å². The lowest BCUT2D eigenvalue weighted by Crippen LogP contribution is -2.36. The summed E-state index contributed by atoms with van der Waals surface area (Å²) in [6, 6.07) is 7.52. The maximum atomic E-state index is 10.6. The number of unbranched alkanes of at least 4 members (excludes halogenated alkanes) is 3. The second kappa shape index (κ2) is 10.9. The molecule has 4 N–H and O–H groups in total. The highest BCUT2D eigenvalue weighted by atomic mass is 16.7. The topological polar surface area (TPSA) is 116 Å². The summed E-state index contributed by atoms with van der Waals surface area (Å²) in [5.41, 5.74) is 0.933. The van der Waals surface area contributed by atoms with Gasteiger partial charge in [-0.2, -0.15) is 0 Å². The second-order valence-electron chi connectivity index (χ2n) is 8.24. The van der Waals surface area contributed by atoms with Crippen molar-refractivity contribution in [3.05, 3.63) is 42.0 Å². The van der Waals surface area contributed by atoms with E-state index in [0.717, 1.165) is 31.2 Å². The van der Waals surface area contributed by atoms with Crippen LogP contribution >= 0.6 is 0 Å². The minimum Gasteiger partial charge on any atom is -0.481 e. The third-order valence-electron chi connectivity index (χ3n) is 6.02. The molecule has 1 aromatic carbocycles. The Balaban J connectivity index is 1.50. The van der Waals surface area contributed by atoms with Crippen LogP contribution in [0.25, 0.3) is 0 Å². The van der Waals surface area contributed by atoms with Crippen LogP contribution in [-0.2, 0) is 16.1 Å². The Bertz CT molecular complexity index is 719. The molecule has 0 unspecified atom stereocenters. The molecule has 0 bridgehead atoms. The van der Waals surface area contributed by atoms with Crippen molar-refractivity contribution < 1.29 is 34.7 Å². The predicted octanol–water partition coefficient (Wildman–Crippen LogP) is 2.62. The summed E-state index contributed by atoms with van der Waals surface area (Å²) in [7, 11) is 0. The first kappa shape index (κ1) is 22.7. The van der Waals surface area contributed by atoms with E-state index in [1.165, 1.54) is 0 Å². The van der Waals surface area contributed by atoms with Crippen LogP contribution in [0.1, 0.15) is 50.5 Å². The number of aliphatic hydroxyl groups is 3. The summed E-state index contributed by atoms with van der Waals surface area (Å²) >= 11 is 0. The number of carboxylic acid groups (broad SMARTS) is 1. The number of hydrogen-bond donors (Lipinski definition) is 4. The molecule has 0 radical (unpaired) electrons. The lowest BCUT2D eigenvalue weighted by atomic mass is 9.88. The van der Waals surface area contributed by atoms with Crippen LogP contribution in [0.4, 0.5) is 0 Å². The standard InChI is InChI=1S/C23H32O7/c24-18(23-29-14-15-7-5-6-9-21(15)30-23)12-11-17-16(19(25)13-20(17)26)8-3-1-2-4-10-22(27)28/h5-7,9,11-12,16-20,23-26H,1-4,8,10,13-14H2,(H,27,28)/b12-11+/t16-,17-,18-,19+,20-,23-/m1/s1. The van der Waals surface area contributed by atoms with E-state index in [1.807, 2.05) is 24.3 Å². The lowest BCUT2D eigenvalue weighted by molar-refractivity contribution is -0.152. The van der Waals surface area contributed by atoms with Crippen molar-refractivity contribution in [3.63, 3.8) is 0 Å². The van der Waals surface area contributed by atoms with Gasteiger partial charge in [-0.15, -0.1) is 0 Å². The van der Waals surface area contributed by atoms with Crippen LogP contribution in [0.2, 0.25) is 0 Å². The number of hydrogen-bond acceptors (Lipinski definition) is 6. The Kier molecular flexibility index (Phi) is 8.27. The second-order valence-corrected chi connectivity index (χ2v) is 8.24. The van der Waals surface area contributed by atoms with Crippen molar-refractivity contribution in [1.82, 2.24) is 0 Å². The summed E-state index contributed by atoms with van der Waals surface area (Å²) < 4.78 is 11.3. The summed E-state index contributed by atoms with van der Waals surface area (Å²) in [5, 5.41) is 39.9. The van der Waals surface area contributed by atoms with Gasteiger partial charge in [0.15, 0.2) is 0 Å². The third kappa shape index (κ3) is 6.04. The monoisotopic (exact) mass is 420 g/mol. The summed E-state index contributed by atoms with van der Waals surface area (Å²) in [6.45, 7) is 0.362. The molecule has 0 saturated heterocycles. The SMILES string of the molecule is O=C(O)CCCCCC[C@@H]1[C@@H](/C=C/[C@@H](O)[C@@H]2OCc3ccccc3O2)[C@H](O)C[C@@H]1O. The summed E-state index contributed by atoms with van der Waals surface area (Å²) in [5.74, 6) is -0.415. The Morgan fingerprint density at radius 2 is 1.90 bits per heavy atom. The molecule has 1 aromatic rings. The first-order chi connectivity index (χ1) is 14.5. The number of aliphatic hydroxyl groups excluding tert-OH is 3. The van der Waals surface area contributed by atoms with Gasteiger partial charge >= 0.3 is 5.97 Å². The van der Waals surface area contributed by atoms with Gasteiger partial charge in [-0.3, -0.25) is 4.79 Å². The van der Waals surface area contributed by atoms with Crippen molar-refractivity contribution in [2.45, 2.75) is 76.2 Å². The average Bonchev–Trinajstić information content (AvgIpc) is 3.00. The van der Waals surface area contributed by atoms with E-state index in [0.29, 0.717) is 25.2 Å². The zero-order valence-corrected chi connectivity index (χ0v) is 17.1. The molecule has 7 nitrogen and oxygen atoms in total. The van der Waals surface area contributed by atoms with Crippen LogP contribution in [0.5, 0.6) is 5.75 Å². The van der Waals surface area contributed by atoms with E-state index >= 15 is 0 Å². The largest absolute Gasteiger partial charge is 0.481 e. The predicted molar refractivity (Wildman–Crippen MR) is 110 cm³/mol. The van der Waals surface area contributed by atoms with Gasteiger partial charge in [-0.05, 0) is 24.8 Å². The van der Waals surface area contributed by atoms with Crippen molar-refractivity contribution in [2.75, 3.05) is 0 Å². The average molecular weight is 421 g/mol. The molecule has 0 aromatic heterocycles. The van der Waals surface area contributed by atoms with E-state index in [2.05, 4.69) is 0 Å². The van der Waals surface area contributed by atoms with Crippen molar-refractivity contribution >= 4 is 5.97 Å². The maximum absolute atomic E-state index is 10.6. The van der Waals surface area contributed by atoms with Gasteiger partial charge in [0.05, 0.1) is 18.8 Å². The molecular weight excluding hydrogens is 388 g/mol. The highest BCUT2D eigenvalue weighted by molar-refractivity contribution is 5.66. The molecular formula is C23H32O7. The molecule has 2 aliphatic rings. The summed E-state index contributed by atoms with van der Waals surface area (Å²) in [6.07, 6.45) is 4.84. The Hall–Kier alpha value is -1.93. The van der Waals surface area contributed by atoms with E-state index < -0.39 is 30.6 Å². The van der Waals surface area contributed by atoms with Crippen molar-refractivity contribution in [1.29, 1.82) is 0 Å².